The molecule has 1 aromatic carbocycles. The van der Waals surface area contributed by atoms with E-state index in [0.29, 0.717) is 18.7 Å². The highest BCUT2D eigenvalue weighted by molar-refractivity contribution is 14.0. The number of nitrogens with one attached hydrogen (secondary N) is 3. The van der Waals surface area contributed by atoms with Gasteiger partial charge in [0.25, 0.3) is 5.91 Å². The Morgan fingerprint density at radius 1 is 1.18 bits per heavy atom. The molecule has 0 aliphatic rings. The maximum Gasteiger partial charge on any atom is 0.251 e. The van der Waals surface area contributed by atoms with Crippen LogP contribution >= 0.6 is 39.9 Å². The Morgan fingerprint density at radius 2 is 1.86 bits per heavy atom. The molecule has 7 heteroatoms. The number of hydrogen-bond donors (Lipinski definition) is 3. The van der Waals surface area contributed by atoms with Crippen LogP contribution in [0.5, 0.6) is 0 Å². The monoisotopic (exact) mass is 482 g/mol. The van der Waals surface area contributed by atoms with Gasteiger partial charge in [-0.3, -0.25) is 9.79 Å². The van der Waals surface area contributed by atoms with Gasteiger partial charge in [0.05, 0.1) is 0 Å². The Balaban J connectivity index is 0.00000441. The van der Waals surface area contributed by atoms with E-state index in [4.69, 9.17) is 0 Å². The number of rotatable bonds is 7. The number of aliphatic imine (C=N–C) groups is 1. The molecule has 0 aliphatic carbocycles. The van der Waals surface area contributed by atoms with Gasteiger partial charge in [-0.2, -0.15) is 0 Å². The number of nitrogens with zero attached hydrogens (tertiary/aromatic N) is 1. The summed E-state index contributed by atoms with van der Waals surface area (Å²) in [4.78, 5) is 16.0. The van der Waals surface area contributed by atoms with Crippen LogP contribution in [0.1, 0.15) is 30.1 Å². The third-order valence-corrected chi connectivity index (χ3v) is 3.33. The Kier molecular flexibility index (Phi) is 12.2. The van der Waals surface area contributed by atoms with Crippen LogP contribution in [0.3, 0.4) is 0 Å². The first-order valence-electron chi connectivity index (χ1n) is 7.15. The fourth-order valence-electron chi connectivity index (χ4n) is 1.69. The van der Waals surface area contributed by atoms with E-state index in [2.05, 4.69) is 43.8 Å². The van der Waals surface area contributed by atoms with Crippen molar-refractivity contribution in [2.45, 2.75) is 19.8 Å². The Morgan fingerprint density at radius 3 is 2.50 bits per heavy atom. The molecular weight excluding hydrogens is 459 g/mol. The van der Waals surface area contributed by atoms with E-state index < -0.39 is 0 Å². The van der Waals surface area contributed by atoms with Gasteiger partial charge in [-0.25, -0.2) is 0 Å². The number of guanidine groups is 1. The number of carbonyl (C=O) groups is 1. The Hall–Kier alpha value is -0.830. The maximum absolute atomic E-state index is 11.9. The van der Waals surface area contributed by atoms with Gasteiger partial charge < -0.3 is 16.0 Å². The van der Waals surface area contributed by atoms with E-state index in [-0.39, 0.29) is 29.9 Å². The third-order valence-electron chi connectivity index (χ3n) is 2.84. The van der Waals surface area contributed by atoms with E-state index in [9.17, 15) is 4.79 Å². The lowest BCUT2D eigenvalue weighted by atomic mass is 10.2. The first-order valence-corrected chi connectivity index (χ1v) is 7.95. The molecule has 3 N–H and O–H groups in total. The first-order chi connectivity index (χ1) is 10.2. The topological polar surface area (TPSA) is 65.5 Å². The second-order valence-corrected chi connectivity index (χ2v) is 5.46. The summed E-state index contributed by atoms with van der Waals surface area (Å²) < 4.78 is 0.897. The van der Waals surface area contributed by atoms with Crippen molar-refractivity contribution in [1.29, 1.82) is 0 Å². The highest BCUT2D eigenvalue weighted by Gasteiger charge is 2.04. The van der Waals surface area contributed by atoms with E-state index in [0.717, 1.165) is 29.8 Å². The molecule has 22 heavy (non-hydrogen) atoms. The van der Waals surface area contributed by atoms with Gasteiger partial charge in [0.15, 0.2) is 5.96 Å². The fourth-order valence-corrected chi connectivity index (χ4v) is 2.09. The quantitative estimate of drug-likeness (QED) is 0.242. The molecule has 0 aliphatic heterocycles. The molecule has 5 nitrogen and oxygen atoms in total. The molecule has 124 valence electrons. The summed E-state index contributed by atoms with van der Waals surface area (Å²) in [5, 5.41) is 9.25. The van der Waals surface area contributed by atoms with Crippen LogP contribution in [0.25, 0.3) is 0 Å². The summed E-state index contributed by atoms with van der Waals surface area (Å²) >= 11 is 3.35. The highest BCUT2D eigenvalue weighted by Crippen LogP contribution is 2.11. The van der Waals surface area contributed by atoms with Gasteiger partial charge in [0.1, 0.15) is 0 Å². The molecule has 0 heterocycles. The van der Waals surface area contributed by atoms with Crippen LogP contribution in [-0.2, 0) is 0 Å². The molecular formula is C15H24BrIN4O. The van der Waals surface area contributed by atoms with Gasteiger partial charge in [0.2, 0.25) is 0 Å². The number of amides is 1. The Bertz CT molecular complexity index is 482. The van der Waals surface area contributed by atoms with Crippen molar-refractivity contribution in [3.8, 4) is 0 Å². The fraction of sp³-hybridized carbons (Fsp3) is 0.467. The Labute approximate surface area is 157 Å². The normalized spacial score (nSPS) is 10.6. The molecule has 0 atom stereocenters. The molecule has 0 saturated heterocycles. The molecule has 0 unspecified atom stereocenters. The predicted molar refractivity (Wildman–Crippen MR) is 106 cm³/mol. The van der Waals surface area contributed by atoms with Crippen molar-refractivity contribution >= 4 is 51.8 Å². The van der Waals surface area contributed by atoms with Crippen LogP contribution in [0, 0.1) is 0 Å². The highest BCUT2D eigenvalue weighted by atomic mass is 127. The smallest absolute Gasteiger partial charge is 0.251 e. The van der Waals surface area contributed by atoms with E-state index >= 15 is 0 Å². The zero-order chi connectivity index (χ0) is 15.5. The summed E-state index contributed by atoms with van der Waals surface area (Å²) in [5.74, 6) is 0.687. The standard InChI is InChI=1S/C15H23BrN4O.HI/c1-3-4-8-19-15(17-2)20-10-9-18-14(21)12-6-5-7-13(16)11-12;/h5-7,11H,3-4,8-10H2,1-2H3,(H,18,21)(H2,17,19,20);1H. The zero-order valence-electron chi connectivity index (χ0n) is 13.0. The van der Waals surface area contributed by atoms with Gasteiger partial charge in [-0.15, -0.1) is 24.0 Å². The average Bonchev–Trinajstić information content (AvgIpc) is 2.49. The predicted octanol–water partition coefficient (Wildman–Crippen LogP) is 2.76. The minimum absolute atomic E-state index is 0. The van der Waals surface area contributed by atoms with Crippen LogP contribution in [-0.4, -0.2) is 38.5 Å². The molecule has 0 radical (unpaired) electrons. The number of hydrogen-bond acceptors (Lipinski definition) is 2. The van der Waals surface area contributed by atoms with E-state index in [1.807, 2.05) is 12.1 Å². The molecule has 0 saturated carbocycles. The minimum atomic E-state index is -0.0768. The summed E-state index contributed by atoms with van der Waals surface area (Å²) in [6, 6.07) is 7.33. The van der Waals surface area contributed by atoms with E-state index in [1.54, 1.807) is 19.2 Å². The molecule has 1 rings (SSSR count). The molecule has 0 bridgehead atoms. The molecule has 0 spiro atoms. The molecule has 0 aromatic heterocycles. The van der Waals surface area contributed by atoms with Crippen LogP contribution < -0.4 is 16.0 Å². The maximum atomic E-state index is 11.9. The lowest BCUT2D eigenvalue weighted by Gasteiger charge is -2.12. The zero-order valence-corrected chi connectivity index (χ0v) is 16.9. The van der Waals surface area contributed by atoms with Crippen molar-refractivity contribution in [2.24, 2.45) is 4.99 Å². The van der Waals surface area contributed by atoms with Crippen molar-refractivity contribution in [3.05, 3.63) is 34.3 Å². The lowest BCUT2D eigenvalue weighted by molar-refractivity contribution is 0.0954. The second kappa shape index (κ2) is 12.7. The third kappa shape index (κ3) is 8.57. The van der Waals surface area contributed by atoms with E-state index in [1.165, 1.54) is 0 Å². The first kappa shape index (κ1) is 21.2. The molecule has 1 aromatic rings. The lowest BCUT2D eigenvalue weighted by Crippen LogP contribution is -2.41. The number of unbranched alkanes of at least 4 members (excludes halogenated alkanes) is 1. The summed E-state index contributed by atoms with van der Waals surface area (Å²) in [5.41, 5.74) is 0.648. The average molecular weight is 483 g/mol. The largest absolute Gasteiger partial charge is 0.356 e. The van der Waals surface area contributed by atoms with Crippen molar-refractivity contribution in [3.63, 3.8) is 0 Å². The van der Waals surface area contributed by atoms with Crippen LogP contribution in [0.4, 0.5) is 0 Å². The number of halogens is 2. The van der Waals surface area contributed by atoms with Crippen molar-refractivity contribution in [1.82, 2.24) is 16.0 Å². The second-order valence-electron chi connectivity index (χ2n) is 4.55. The molecule has 0 fully saturated rings. The molecule has 1 amide bonds. The van der Waals surface area contributed by atoms with Crippen molar-refractivity contribution < 1.29 is 4.79 Å². The van der Waals surface area contributed by atoms with Crippen LogP contribution in [0.15, 0.2) is 33.7 Å². The van der Waals surface area contributed by atoms with Gasteiger partial charge in [-0.05, 0) is 24.6 Å². The number of benzene rings is 1. The number of carbonyl (C=O) groups excluding carboxylic acids is 1. The van der Waals surface area contributed by atoms with Gasteiger partial charge in [-0.1, -0.05) is 35.3 Å². The summed E-state index contributed by atoms with van der Waals surface area (Å²) in [6.45, 7) is 4.22. The SMILES string of the molecule is CCCCNC(=NC)NCCNC(=O)c1cccc(Br)c1.I. The van der Waals surface area contributed by atoms with Gasteiger partial charge in [0, 0.05) is 36.7 Å². The minimum Gasteiger partial charge on any atom is -0.356 e. The van der Waals surface area contributed by atoms with Crippen LogP contribution in [0.2, 0.25) is 0 Å². The summed E-state index contributed by atoms with van der Waals surface area (Å²) in [7, 11) is 1.74. The summed E-state index contributed by atoms with van der Waals surface area (Å²) in [6.07, 6.45) is 2.26. The van der Waals surface area contributed by atoms with Crippen molar-refractivity contribution in [2.75, 3.05) is 26.7 Å². The van der Waals surface area contributed by atoms with Gasteiger partial charge >= 0.3 is 0 Å².